The maximum atomic E-state index is 12.1. The Hall–Kier alpha value is -1.55. The lowest BCUT2D eigenvalue weighted by Crippen LogP contribution is -2.40. The van der Waals surface area contributed by atoms with Crippen LogP contribution in [0.4, 0.5) is 0 Å². The quantitative estimate of drug-likeness (QED) is 0.743. The zero-order chi connectivity index (χ0) is 17.4. The molecule has 1 aromatic rings. The van der Waals surface area contributed by atoms with Gasteiger partial charge in [0.25, 0.3) is 0 Å². The summed E-state index contributed by atoms with van der Waals surface area (Å²) in [6, 6.07) is 6.67. The van der Waals surface area contributed by atoms with Crippen molar-refractivity contribution in [3.05, 3.63) is 29.3 Å². The third-order valence-corrected chi connectivity index (χ3v) is 4.99. The number of piperidine rings is 1. The van der Waals surface area contributed by atoms with Crippen molar-refractivity contribution in [2.24, 2.45) is 0 Å². The van der Waals surface area contributed by atoms with Crippen molar-refractivity contribution in [2.75, 3.05) is 26.7 Å². The lowest BCUT2D eigenvalue weighted by atomic mass is 10.00. The van der Waals surface area contributed by atoms with Gasteiger partial charge in [-0.15, -0.1) is 0 Å². The van der Waals surface area contributed by atoms with Crippen LogP contribution in [-0.2, 0) is 11.2 Å². The first-order valence-electron chi connectivity index (χ1n) is 9.28. The van der Waals surface area contributed by atoms with Crippen molar-refractivity contribution in [2.45, 2.75) is 58.4 Å². The van der Waals surface area contributed by atoms with E-state index in [2.05, 4.69) is 17.1 Å². The van der Waals surface area contributed by atoms with E-state index in [0.717, 1.165) is 42.4 Å². The van der Waals surface area contributed by atoms with E-state index in [1.807, 2.05) is 25.1 Å². The molecule has 0 aliphatic carbocycles. The van der Waals surface area contributed by atoms with E-state index in [4.69, 9.17) is 4.74 Å². The molecule has 1 N–H and O–H groups in total. The molecule has 0 spiro atoms. The largest absolute Gasteiger partial charge is 0.496 e. The van der Waals surface area contributed by atoms with Gasteiger partial charge in [0.1, 0.15) is 5.75 Å². The van der Waals surface area contributed by atoms with Crippen LogP contribution in [0.1, 0.15) is 50.2 Å². The monoisotopic (exact) mass is 332 g/mol. The number of ether oxygens (including phenoxy) is 1. The average Bonchev–Trinajstić information content (AvgIpc) is 2.59. The van der Waals surface area contributed by atoms with E-state index in [1.54, 1.807) is 7.11 Å². The minimum Gasteiger partial charge on any atom is -0.496 e. The highest BCUT2D eigenvalue weighted by molar-refractivity contribution is 5.78. The van der Waals surface area contributed by atoms with E-state index < -0.39 is 0 Å². The molecule has 4 nitrogen and oxygen atoms in total. The Bertz CT molecular complexity index is 530. The van der Waals surface area contributed by atoms with Crippen molar-refractivity contribution in [3.63, 3.8) is 0 Å². The van der Waals surface area contributed by atoms with Gasteiger partial charge in [0, 0.05) is 19.1 Å². The molecule has 1 aliphatic rings. The van der Waals surface area contributed by atoms with Crippen molar-refractivity contribution < 1.29 is 9.53 Å². The number of methoxy groups -OCH3 is 1. The molecule has 0 unspecified atom stereocenters. The molecule has 4 heteroatoms. The molecule has 2 rings (SSSR count). The van der Waals surface area contributed by atoms with Gasteiger partial charge in [0.15, 0.2) is 0 Å². The molecule has 1 fully saturated rings. The van der Waals surface area contributed by atoms with Crippen LogP contribution in [0.5, 0.6) is 5.75 Å². The second kappa shape index (κ2) is 9.67. The van der Waals surface area contributed by atoms with Crippen LogP contribution in [0.3, 0.4) is 0 Å². The molecule has 0 radical (unpaired) electrons. The third kappa shape index (κ3) is 5.52. The smallest absolute Gasteiger partial charge is 0.224 e. The molecule has 0 aromatic heterocycles. The molecule has 0 saturated carbocycles. The van der Waals surface area contributed by atoms with Gasteiger partial charge in [0.05, 0.1) is 13.5 Å². The number of aryl methyl sites for hydroxylation is 1. The van der Waals surface area contributed by atoms with E-state index in [0.29, 0.717) is 6.42 Å². The predicted molar refractivity (Wildman–Crippen MR) is 98.6 cm³/mol. The van der Waals surface area contributed by atoms with Gasteiger partial charge >= 0.3 is 0 Å². The first-order valence-corrected chi connectivity index (χ1v) is 9.28. The van der Waals surface area contributed by atoms with Crippen LogP contribution in [0, 0.1) is 6.92 Å². The third-order valence-electron chi connectivity index (χ3n) is 4.99. The number of rotatable bonds is 8. The second-order valence-electron chi connectivity index (χ2n) is 6.78. The normalized spacial score (nSPS) is 18.4. The standard InChI is InChI=1S/C20H32N2O2/c1-4-18-8-5-6-12-22(18)13-7-11-21-20(23)15-17-9-10-19(24-3)16(2)14-17/h9-10,14,18H,4-8,11-13,15H2,1-3H3,(H,21,23)/t18-/m1/s1. The van der Waals surface area contributed by atoms with Crippen molar-refractivity contribution >= 4 is 5.91 Å². The minimum atomic E-state index is 0.102. The van der Waals surface area contributed by atoms with Gasteiger partial charge in [-0.3, -0.25) is 4.79 Å². The summed E-state index contributed by atoms with van der Waals surface area (Å²) in [6.07, 6.45) is 6.73. The number of carbonyl (C=O) groups excluding carboxylic acids is 1. The number of nitrogens with one attached hydrogen (secondary N) is 1. The fourth-order valence-corrected chi connectivity index (χ4v) is 3.63. The highest BCUT2D eigenvalue weighted by Gasteiger charge is 2.19. The Morgan fingerprint density at radius 3 is 2.92 bits per heavy atom. The Balaban J connectivity index is 1.68. The van der Waals surface area contributed by atoms with Crippen LogP contribution in [0.25, 0.3) is 0 Å². The molecule has 1 aromatic carbocycles. The highest BCUT2D eigenvalue weighted by Crippen LogP contribution is 2.20. The predicted octanol–water partition coefficient (Wildman–Crippen LogP) is 3.32. The second-order valence-corrected chi connectivity index (χ2v) is 6.78. The van der Waals surface area contributed by atoms with Gasteiger partial charge in [-0.25, -0.2) is 0 Å². The molecular weight excluding hydrogens is 300 g/mol. The van der Waals surface area contributed by atoms with Crippen molar-refractivity contribution in [1.29, 1.82) is 0 Å². The Kier molecular flexibility index (Phi) is 7.57. The molecule has 134 valence electrons. The molecule has 1 atom stereocenters. The van der Waals surface area contributed by atoms with Crippen LogP contribution in [-0.4, -0.2) is 43.6 Å². The van der Waals surface area contributed by atoms with Crippen molar-refractivity contribution in [3.8, 4) is 5.75 Å². The van der Waals surface area contributed by atoms with Gasteiger partial charge in [-0.2, -0.15) is 0 Å². The topological polar surface area (TPSA) is 41.6 Å². The number of nitrogens with zero attached hydrogens (tertiary/aromatic N) is 1. The SMILES string of the molecule is CC[C@@H]1CCCCN1CCCNC(=O)Cc1ccc(OC)c(C)c1. The summed E-state index contributed by atoms with van der Waals surface area (Å²) in [4.78, 5) is 14.7. The zero-order valence-corrected chi connectivity index (χ0v) is 15.4. The first kappa shape index (κ1) is 18.8. The lowest BCUT2D eigenvalue weighted by Gasteiger charge is -2.35. The summed E-state index contributed by atoms with van der Waals surface area (Å²) in [6.45, 7) is 7.36. The van der Waals surface area contributed by atoms with E-state index in [-0.39, 0.29) is 5.91 Å². The molecular formula is C20H32N2O2. The molecule has 1 aliphatic heterocycles. The molecule has 1 saturated heterocycles. The Morgan fingerprint density at radius 2 is 2.21 bits per heavy atom. The number of benzene rings is 1. The van der Waals surface area contributed by atoms with Gasteiger partial charge in [0.2, 0.25) is 5.91 Å². The van der Waals surface area contributed by atoms with Gasteiger partial charge < -0.3 is 15.0 Å². The highest BCUT2D eigenvalue weighted by atomic mass is 16.5. The zero-order valence-electron chi connectivity index (χ0n) is 15.4. The molecule has 24 heavy (non-hydrogen) atoms. The van der Waals surface area contributed by atoms with Crippen LogP contribution >= 0.6 is 0 Å². The number of likely N-dealkylation sites (tertiary alicyclic amines) is 1. The number of carbonyl (C=O) groups is 1. The fraction of sp³-hybridized carbons (Fsp3) is 0.650. The maximum Gasteiger partial charge on any atom is 0.224 e. The molecule has 0 bridgehead atoms. The Labute approximate surface area is 146 Å². The summed E-state index contributed by atoms with van der Waals surface area (Å²) in [5, 5.41) is 3.05. The average molecular weight is 332 g/mol. The Morgan fingerprint density at radius 1 is 1.38 bits per heavy atom. The molecule has 1 heterocycles. The molecule has 1 amide bonds. The summed E-state index contributed by atoms with van der Waals surface area (Å²) in [5.74, 6) is 0.969. The fourth-order valence-electron chi connectivity index (χ4n) is 3.63. The van der Waals surface area contributed by atoms with Crippen molar-refractivity contribution in [1.82, 2.24) is 10.2 Å². The van der Waals surface area contributed by atoms with E-state index >= 15 is 0 Å². The summed E-state index contributed by atoms with van der Waals surface area (Å²) >= 11 is 0. The van der Waals surface area contributed by atoms with Gasteiger partial charge in [-0.1, -0.05) is 25.5 Å². The maximum absolute atomic E-state index is 12.1. The van der Waals surface area contributed by atoms with E-state index in [9.17, 15) is 4.79 Å². The van der Waals surface area contributed by atoms with E-state index in [1.165, 1.54) is 32.2 Å². The van der Waals surface area contributed by atoms with Crippen LogP contribution in [0.2, 0.25) is 0 Å². The van der Waals surface area contributed by atoms with Gasteiger partial charge in [-0.05, 0) is 56.3 Å². The van der Waals surface area contributed by atoms with Crippen LogP contribution in [0.15, 0.2) is 18.2 Å². The minimum absolute atomic E-state index is 0.102. The summed E-state index contributed by atoms with van der Waals surface area (Å²) < 4.78 is 5.25. The number of hydrogen-bond donors (Lipinski definition) is 1. The first-order chi connectivity index (χ1) is 11.6. The summed E-state index contributed by atoms with van der Waals surface area (Å²) in [7, 11) is 1.67. The van der Waals surface area contributed by atoms with Crippen LogP contribution < -0.4 is 10.1 Å². The lowest BCUT2D eigenvalue weighted by molar-refractivity contribution is -0.120. The number of amides is 1. The number of hydrogen-bond acceptors (Lipinski definition) is 3. The summed E-state index contributed by atoms with van der Waals surface area (Å²) in [5.41, 5.74) is 2.10.